The molecule has 7 nitrogen and oxygen atoms in total. The van der Waals surface area contributed by atoms with E-state index in [0.717, 1.165) is 5.56 Å². The smallest absolute Gasteiger partial charge is 0.274 e. The molecule has 0 aliphatic heterocycles. The number of nitrogens with zero attached hydrogens (tertiary/aromatic N) is 2. The normalized spacial score (nSPS) is 10.3. The summed E-state index contributed by atoms with van der Waals surface area (Å²) in [6.07, 6.45) is 1.51. The van der Waals surface area contributed by atoms with Gasteiger partial charge in [-0.05, 0) is 42.8 Å². The van der Waals surface area contributed by atoms with Crippen LogP contribution in [0.4, 0.5) is 17.3 Å². The van der Waals surface area contributed by atoms with E-state index in [-0.39, 0.29) is 17.5 Å². The topological polar surface area (TPSA) is 85.4 Å². The van der Waals surface area contributed by atoms with Crippen molar-refractivity contribution in [2.75, 3.05) is 24.9 Å². The number of rotatable bonds is 6. The SMILES string of the molecule is COc1ccc(Nc2nccc(C(=O)Nc3cc(Cl)ccc3C)n2)cc1OC. The van der Waals surface area contributed by atoms with E-state index < -0.39 is 0 Å². The predicted molar refractivity (Wildman–Crippen MR) is 109 cm³/mol. The Balaban J connectivity index is 1.78. The molecular weight excluding hydrogens is 380 g/mol. The van der Waals surface area contributed by atoms with Gasteiger partial charge in [0.1, 0.15) is 5.69 Å². The molecule has 2 N–H and O–H groups in total. The highest BCUT2D eigenvalue weighted by atomic mass is 35.5. The molecule has 2 aromatic carbocycles. The molecule has 0 spiro atoms. The minimum absolute atomic E-state index is 0.220. The van der Waals surface area contributed by atoms with Gasteiger partial charge in [0.05, 0.1) is 14.2 Å². The summed E-state index contributed by atoms with van der Waals surface area (Å²) in [5.41, 5.74) is 2.44. The van der Waals surface area contributed by atoms with Crippen LogP contribution in [-0.4, -0.2) is 30.1 Å². The molecule has 144 valence electrons. The average Bonchev–Trinajstić information content (AvgIpc) is 2.70. The Morgan fingerprint density at radius 3 is 2.57 bits per heavy atom. The standard InChI is InChI=1S/C20H19ClN4O3/c1-12-4-5-13(21)10-16(12)24-19(26)15-8-9-22-20(25-15)23-14-6-7-17(27-2)18(11-14)28-3/h4-11H,1-3H3,(H,24,26)(H,22,23,25). The van der Waals surface area contributed by atoms with Crippen molar-refractivity contribution in [3.63, 3.8) is 0 Å². The van der Waals surface area contributed by atoms with Crippen molar-refractivity contribution in [1.82, 2.24) is 9.97 Å². The van der Waals surface area contributed by atoms with Crippen LogP contribution in [0.5, 0.6) is 11.5 Å². The second-order valence-corrected chi connectivity index (χ2v) is 6.31. The van der Waals surface area contributed by atoms with Gasteiger partial charge in [-0.3, -0.25) is 4.79 Å². The first-order valence-electron chi connectivity index (χ1n) is 8.39. The van der Waals surface area contributed by atoms with Crippen LogP contribution >= 0.6 is 11.6 Å². The fraction of sp³-hybridized carbons (Fsp3) is 0.150. The molecule has 0 fully saturated rings. The van der Waals surface area contributed by atoms with Crippen LogP contribution < -0.4 is 20.1 Å². The summed E-state index contributed by atoms with van der Waals surface area (Å²) < 4.78 is 10.5. The lowest BCUT2D eigenvalue weighted by atomic mass is 10.2. The predicted octanol–water partition coefficient (Wildman–Crippen LogP) is 4.45. The first-order chi connectivity index (χ1) is 13.5. The number of aromatic nitrogens is 2. The zero-order valence-corrected chi connectivity index (χ0v) is 16.4. The maximum Gasteiger partial charge on any atom is 0.274 e. The molecule has 1 aromatic heterocycles. The molecule has 8 heteroatoms. The molecular formula is C20H19ClN4O3. The molecule has 0 saturated carbocycles. The number of anilines is 3. The number of nitrogens with one attached hydrogen (secondary N) is 2. The summed E-state index contributed by atoms with van der Waals surface area (Å²) in [6, 6.07) is 12.1. The van der Waals surface area contributed by atoms with Gasteiger partial charge in [-0.2, -0.15) is 0 Å². The Bertz CT molecular complexity index is 1010. The van der Waals surface area contributed by atoms with Crippen LogP contribution in [0.25, 0.3) is 0 Å². The number of methoxy groups -OCH3 is 2. The first-order valence-corrected chi connectivity index (χ1v) is 8.77. The maximum atomic E-state index is 12.6. The van der Waals surface area contributed by atoms with E-state index in [4.69, 9.17) is 21.1 Å². The van der Waals surface area contributed by atoms with Gasteiger partial charge in [-0.1, -0.05) is 17.7 Å². The summed E-state index contributed by atoms with van der Waals surface area (Å²) in [6.45, 7) is 1.88. The van der Waals surface area contributed by atoms with Gasteiger partial charge < -0.3 is 20.1 Å². The van der Waals surface area contributed by atoms with Crippen LogP contribution in [0.15, 0.2) is 48.7 Å². The Hall–Kier alpha value is -3.32. The van der Waals surface area contributed by atoms with Crippen LogP contribution in [-0.2, 0) is 0 Å². The number of benzene rings is 2. The van der Waals surface area contributed by atoms with E-state index in [9.17, 15) is 4.79 Å². The Kier molecular flexibility index (Phi) is 5.96. The van der Waals surface area contributed by atoms with Crippen molar-refractivity contribution in [1.29, 1.82) is 0 Å². The second kappa shape index (κ2) is 8.58. The maximum absolute atomic E-state index is 12.6. The van der Waals surface area contributed by atoms with E-state index in [1.165, 1.54) is 12.3 Å². The molecule has 0 unspecified atom stereocenters. The number of carbonyl (C=O) groups is 1. The van der Waals surface area contributed by atoms with E-state index in [1.807, 2.05) is 13.0 Å². The largest absolute Gasteiger partial charge is 0.493 e. The number of amides is 1. The molecule has 0 bridgehead atoms. The van der Waals surface area contributed by atoms with Gasteiger partial charge in [0, 0.05) is 28.7 Å². The van der Waals surface area contributed by atoms with Gasteiger partial charge in [-0.15, -0.1) is 0 Å². The molecule has 1 amide bonds. The van der Waals surface area contributed by atoms with Crippen molar-refractivity contribution in [3.8, 4) is 11.5 Å². The highest BCUT2D eigenvalue weighted by molar-refractivity contribution is 6.31. The van der Waals surface area contributed by atoms with Crippen LogP contribution in [0.3, 0.4) is 0 Å². The lowest BCUT2D eigenvalue weighted by molar-refractivity contribution is 0.102. The quantitative estimate of drug-likeness (QED) is 0.638. The number of aryl methyl sites for hydroxylation is 1. The summed E-state index contributed by atoms with van der Waals surface area (Å²) in [5.74, 6) is 1.10. The van der Waals surface area contributed by atoms with Crippen LogP contribution in [0.1, 0.15) is 16.1 Å². The fourth-order valence-corrected chi connectivity index (χ4v) is 2.68. The molecule has 0 aliphatic rings. The van der Waals surface area contributed by atoms with Gasteiger partial charge in [0.25, 0.3) is 5.91 Å². The number of halogens is 1. The third-order valence-electron chi connectivity index (χ3n) is 3.98. The third kappa shape index (κ3) is 4.50. The summed E-state index contributed by atoms with van der Waals surface area (Å²) in [4.78, 5) is 21.0. The van der Waals surface area contributed by atoms with Gasteiger partial charge in [0.15, 0.2) is 11.5 Å². The van der Waals surface area contributed by atoms with E-state index in [1.54, 1.807) is 44.6 Å². The molecule has 28 heavy (non-hydrogen) atoms. The zero-order chi connectivity index (χ0) is 20.1. The molecule has 0 radical (unpaired) electrons. The molecule has 0 aliphatic carbocycles. The third-order valence-corrected chi connectivity index (χ3v) is 4.21. The number of ether oxygens (including phenoxy) is 2. The minimum Gasteiger partial charge on any atom is -0.493 e. The van der Waals surface area contributed by atoms with Crippen molar-refractivity contribution >= 4 is 34.8 Å². The Morgan fingerprint density at radius 2 is 1.82 bits per heavy atom. The summed E-state index contributed by atoms with van der Waals surface area (Å²) >= 11 is 6.00. The highest BCUT2D eigenvalue weighted by Crippen LogP contribution is 2.30. The van der Waals surface area contributed by atoms with Gasteiger partial charge in [0.2, 0.25) is 5.95 Å². The van der Waals surface area contributed by atoms with Crippen LogP contribution in [0.2, 0.25) is 5.02 Å². The van der Waals surface area contributed by atoms with Crippen molar-refractivity contribution in [3.05, 3.63) is 64.9 Å². The van der Waals surface area contributed by atoms with Crippen molar-refractivity contribution in [2.45, 2.75) is 6.92 Å². The van der Waals surface area contributed by atoms with E-state index >= 15 is 0 Å². The van der Waals surface area contributed by atoms with Crippen LogP contribution in [0, 0.1) is 6.92 Å². The number of hydrogen-bond donors (Lipinski definition) is 2. The van der Waals surface area contributed by atoms with Crippen molar-refractivity contribution in [2.24, 2.45) is 0 Å². The van der Waals surface area contributed by atoms with Crippen molar-refractivity contribution < 1.29 is 14.3 Å². The van der Waals surface area contributed by atoms with E-state index in [2.05, 4.69) is 20.6 Å². The first kappa shape index (κ1) is 19.4. The molecule has 0 atom stereocenters. The molecule has 3 rings (SSSR count). The Morgan fingerprint density at radius 1 is 1.04 bits per heavy atom. The van der Waals surface area contributed by atoms with Gasteiger partial charge in [-0.25, -0.2) is 9.97 Å². The minimum atomic E-state index is -0.358. The summed E-state index contributed by atoms with van der Waals surface area (Å²) in [7, 11) is 3.12. The Labute approximate surface area is 167 Å². The lowest BCUT2D eigenvalue weighted by Crippen LogP contribution is -2.15. The lowest BCUT2D eigenvalue weighted by Gasteiger charge is -2.11. The zero-order valence-electron chi connectivity index (χ0n) is 15.6. The monoisotopic (exact) mass is 398 g/mol. The van der Waals surface area contributed by atoms with E-state index in [0.29, 0.717) is 27.9 Å². The summed E-state index contributed by atoms with van der Waals surface area (Å²) in [5, 5.41) is 6.41. The number of carbonyl (C=O) groups excluding carboxylic acids is 1. The van der Waals surface area contributed by atoms with Gasteiger partial charge >= 0.3 is 0 Å². The molecule has 3 aromatic rings. The average molecular weight is 399 g/mol. The molecule has 0 saturated heterocycles. The second-order valence-electron chi connectivity index (χ2n) is 5.87. The fourth-order valence-electron chi connectivity index (χ4n) is 2.50. The molecule has 1 heterocycles. The number of hydrogen-bond acceptors (Lipinski definition) is 6. The highest BCUT2D eigenvalue weighted by Gasteiger charge is 2.12.